The van der Waals surface area contributed by atoms with Crippen molar-refractivity contribution in [2.75, 3.05) is 19.8 Å². The fourth-order valence-electron chi connectivity index (χ4n) is 5.88. The van der Waals surface area contributed by atoms with Gasteiger partial charge in [0.25, 0.3) is 0 Å². The number of cyclic esters (lactones) is 1. The number of allylic oxidation sites excluding steroid dienone is 2. The third-order valence-corrected chi connectivity index (χ3v) is 7.77. The molecule has 2 saturated heterocycles. The average molecular weight is 507 g/mol. The molecule has 3 aliphatic rings. The van der Waals surface area contributed by atoms with Crippen LogP contribution in [-0.2, 0) is 14.2 Å². The minimum Gasteiger partial charge on any atom is -0.439 e. The first-order chi connectivity index (χ1) is 17.8. The fourth-order valence-corrected chi connectivity index (χ4v) is 5.88. The molecule has 2 fully saturated rings. The number of rotatable bonds is 8. The Morgan fingerprint density at radius 3 is 2.11 bits per heavy atom. The molecule has 3 atom stereocenters. The van der Waals surface area contributed by atoms with Crippen LogP contribution in [0.25, 0.3) is 0 Å². The predicted octanol–water partition coefficient (Wildman–Crippen LogP) is 5.69. The largest absolute Gasteiger partial charge is 0.439 e. The number of ether oxygens (including phenoxy) is 3. The summed E-state index contributed by atoms with van der Waals surface area (Å²) in [5, 5.41) is 12.1. The summed E-state index contributed by atoms with van der Waals surface area (Å²) >= 11 is 0. The van der Waals surface area contributed by atoms with E-state index in [1.54, 1.807) is 4.90 Å². The summed E-state index contributed by atoms with van der Waals surface area (Å²) in [7, 11) is 0. The number of nitro groups is 1. The van der Waals surface area contributed by atoms with E-state index in [-0.39, 0.29) is 16.9 Å². The van der Waals surface area contributed by atoms with Gasteiger partial charge in [-0.2, -0.15) is 0 Å². The monoisotopic (exact) mass is 506 g/mol. The molecule has 0 spiro atoms. The number of benzene rings is 2. The summed E-state index contributed by atoms with van der Waals surface area (Å²) < 4.78 is 18.1. The first-order valence-electron chi connectivity index (χ1n) is 12.9. The first kappa shape index (κ1) is 25.4. The van der Waals surface area contributed by atoms with Crippen molar-refractivity contribution in [3.05, 3.63) is 94.1 Å². The van der Waals surface area contributed by atoms with Crippen molar-refractivity contribution in [1.82, 2.24) is 4.90 Å². The molecule has 8 heteroatoms. The van der Waals surface area contributed by atoms with Crippen LogP contribution in [0.2, 0.25) is 0 Å². The number of amides is 1. The zero-order valence-electron chi connectivity index (χ0n) is 21.3. The van der Waals surface area contributed by atoms with Gasteiger partial charge in [0.15, 0.2) is 12.4 Å². The molecule has 0 unspecified atom stereocenters. The molecule has 0 saturated carbocycles. The molecule has 0 bridgehead atoms. The van der Waals surface area contributed by atoms with Crippen LogP contribution in [0.4, 0.5) is 4.79 Å². The highest BCUT2D eigenvalue weighted by Gasteiger charge is 2.56. The zero-order valence-corrected chi connectivity index (χ0v) is 21.3. The molecule has 2 heterocycles. The lowest BCUT2D eigenvalue weighted by Gasteiger charge is -2.45. The lowest BCUT2D eigenvalue weighted by molar-refractivity contribution is -0.490. The van der Waals surface area contributed by atoms with Crippen molar-refractivity contribution in [2.45, 2.75) is 57.6 Å². The van der Waals surface area contributed by atoms with Gasteiger partial charge in [-0.25, -0.2) is 4.79 Å². The van der Waals surface area contributed by atoms with Gasteiger partial charge in [0, 0.05) is 22.2 Å². The van der Waals surface area contributed by atoms with Crippen molar-refractivity contribution < 1.29 is 23.9 Å². The molecule has 1 amide bonds. The van der Waals surface area contributed by atoms with Crippen molar-refractivity contribution in [3.8, 4) is 0 Å². The smallest absolute Gasteiger partial charge is 0.411 e. The third kappa shape index (κ3) is 5.26. The Morgan fingerprint density at radius 1 is 0.973 bits per heavy atom. The summed E-state index contributed by atoms with van der Waals surface area (Å²) in [6, 6.07) is 18.0. The van der Waals surface area contributed by atoms with Crippen LogP contribution in [0, 0.1) is 20.9 Å². The first-order valence-corrected chi connectivity index (χ1v) is 12.9. The average Bonchev–Trinajstić information content (AvgIpc) is 3.50. The van der Waals surface area contributed by atoms with Gasteiger partial charge in [-0.15, -0.1) is 0 Å². The van der Waals surface area contributed by atoms with Crippen molar-refractivity contribution in [2.24, 2.45) is 10.8 Å². The number of nitrogens with zero attached hydrogens (tertiary/aromatic N) is 2. The Morgan fingerprint density at radius 2 is 1.54 bits per heavy atom. The van der Waals surface area contributed by atoms with Crippen LogP contribution < -0.4 is 0 Å². The van der Waals surface area contributed by atoms with E-state index in [0.29, 0.717) is 32.5 Å². The molecular weight excluding hydrogens is 472 g/mol. The zero-order chi connectivity index (χ0) is 26.0. The van der Waals surface area contributed by atoms with Crippen molar-refractivity contribution in [3.63, 3.8) is 0 Å². The summed E-state index contributed by atoms with van der Waals surface area (Å²) in [5.41, 5.74) is 1.03. The highest BCUT2D eigenvalue weighted by Crippen LogP contribution is 2.51. The van der Waals surface area contributed by atoms with Gasteiger partial charge in [-0.05, 0) is 24.0 Å². The fraction of sp³-hybridized carbons (Fsp3) is 0.483. The SMILES string of the molecule is CC1(C)COC(CC2([C@@H](C[N+](=O)[O-])N3C(=O)O[C@H](c4ccccc4)[C@@H]3c3ccccc3)CC=CC2)OC1. The van der Waals surface area contributed by atoms with E-state index in [0.717, 1.165) is 11.1 Å². The van der Waals surface area contributed by atoms with Gasteiger partial charge in [0.2, 0.25) is 6.54 Å². The van der Waals surface area contributed by atoms with Gasteiger partial charge >= 0.3 is 6.09 Å². The molecule has 2 aromatic rings. The second-order valence-electron chi connectivity index (χ2n) is 11.2. The Bertz CT molecular complexity index is 1120. The summed E-state index contributed by atoms with van der Waals surface area (Å²) in [4.78, 5) is 27.0. The van der Waals surface area contributed by atoms with Crippen LogP contribution in [-0.4, -0.2) is 48.0 Å². The second kappa shape index (κ2) is 10.3. The lowest BCUT2D eigenvalue weighted by Crippen LogP contribution is -2.54. The maximum absolute atomic E-state index is 13.6. The second-order valence-corrected chi connectivity index (χ2v) is 11.2. The standard InChI is InChI=1S/C29H34N2O6/c1-28(2)19-35-24(36-20-28)17-29(15-9-10-16-29)23(18-30(33)34)31-25(21-11-5-3-6-12-21)26(37-27(31)32)22-13-7-4-8-14-22/h3-14,23-26H,15-20H2,1-2H3/t23-,25+,26-/m1/s1. The number of carbonyl (C=O) groups is 1. The topological polar surface area (TPSA) is 91.1 Å². The molecule has 2 aromatic carbocycles. The van der Waals surface area contributed by atoms with E-state index < -0.39 is 36.0 Å². The van der Waals surface area contributed by atoms with Crippen molar-refractivity contribution in [1.29, 1.82) is 0 Å². The molecule has 0 aromatic heterocycles. The van der Waals surface area contributed by atoms with Gasteiger partial charge in [0.05, 0.1) is 13.2 Å². The van der Waals surface area contributed by atoms with Gasteiger partial charge in [0.1, 0.15) is 12.1 Å². The Hall–Kier alpha value is -3.23. The maximum atomic E-state index is 13.6. The predicted molar refractivity (Wildman–Crippen MR) is 137 cm³/mol. The van der Waals surface area contributed by atoms with Crippen LogP contribution in [0.5, 0.6) is 0 Å². The molecular formula is C29H34N2O6. The maximum Gasteiger partial charge on any atom is 0.411 e. The van der Waals surface area contributed by atoms with E-state index in [2.05, 4.69) is 13.8 Å². The van der Waals surface area contributed by atoms with Gasteiger partial charge in [-0.1, -0.05) is 86.7 Å². The minimum atomic E-state index is -0.717. The molecule has 5 rings (SSSR count). The summed E-state index contributed by atoms with van der Waals surface area (Å²) in [6.45, 7) is 4.88. The van der Waals surface area contributed by atoms with E-state index in [1.165, 1.54) is 0 Å². The van der Waals surface area contributed by atoms with Crippen LogP contribution >= 0.6 is 0 Å². The quantitative estimate of drug-likeness (QED) is 0.259. The molecule has 196 valence electrons. The van der Waals surface area contributed by atoms with E-state index in [4.69, 9.17) is 14.2 Å². The van der Waals surface area contributed by atoms with Gasteiger partial charge in [-0.3, -0.25) is 15.0 Å². The van der Waals surface area contributed by atoms with Crippen molar-refractivity contribution >= 4 is 6.09 Å². The van der Waals surface area contributed by atoms with Crippen LogP contribution in [0.15, 0.2) is 72.8 Å². The summed E-state index contributed by atoms with van der Waals surface area (Å²) in [5.74, 6) is 0. The van der Waals surface area contributed by atoms with Crippen LogP contribution in [0.3, 0.4) is 0 Å². The molecule has 2 aliphatic heterocycles. The number of hydrogen-bond donors (Lipinski definition) is 0. The Balaban J connectivity index is 1.54. The van der Waals surface area contributed by atoms with E-state index in [9.17, 15) is 14.9 Å². The Labute approximate surface area is 217 Å². The molecule has 0 N–H and O–H groups in total. The summed E-state index contributed by atoms with van der Waals surface area (Å²) in [6.07, 6.45) is 4.14. The molecule has 8 nitrogen and oxygen atoms in total. The van der Waals surface area contributed by atoms with Crippen LogP contribution in [0.1, 0.15) is 56.4 Å². The highest BCUT2D eigenvalue weighted by molar-refractivity contribution is 5.72. The normalized spacial score (nSPS) is 25.7. The minimum absolute atomic E-state index is 0.0854. The van der Waals surface area contributed by atoms with Gasteiger partial charge < -0.3 is 14.2 Å². The number of carbonyl (C=O) groups excluding carboxylic acids is 1. The molecule has 37 heavy (non-hydrogen) atoms. The highest BCUT2D eigenvalue weighted by atomic mass is 16.7. The Kier molecular flexibility index (Phi) is 7.05. The number of hydrogen-bond acceptors (Lipinski definition) is 6. The molecule has 1 aliphatic carbocycles. The van der Waals surface area contributed by atoms with E-state index >= 15 is 0 Å². The third-order valence-electron chi connectivity index (χ3n) is 7.77. The lowest BCUT2D eigenvalue weighted by atomic mass is 9.73. The molecule has 0 radical (unpaired) electrons. The van der Waals surface area contributed by atoms with E-state index in [1.807, 2.05) is 72.8 Å².